The standard InChI is InChI=1S/C9H18N6S/c1-14-6-4-10-7-8(14)3-2-5-15-9(16)11-12-13-15/h8,10H,2-7H2,1H3,(H,11,13,16). The smallest absolute Gasteiger partial charge is 0.238 e. The van der Waals surface area contributed by atoms with E-state index in [1.54, 1.807) is 0 Å². The molecule has 6 nitrogen and oxygen atoms in total. The summed E-state index contributed by atoms with van der Waals surface area (Å²) in [5.41, 5.74) is 0. The van der Waals surface area contributed by atoms with E-state index < -0.39 is 0 Å². The van der Waals surface area contributed by atoms with E-state index in [0.717, 1.165) is 32.6 Å². The molecule has 1 aliphatic heterocycles. The fourth-order valence-corrected chi connectivity index (χ4v) is 2.20. The third-order valence-electron chi connectivity index (χ3n) is 3.10. The largest absolute Gasteiger partial charge is 0.314 e. The molecule has 0 bridgehead atoms. The number of likely N-dealkylation sites (N-methyl/N-ethyl adjacent to an activating group) is 1. The third-order valence-corrected chi connectivity index (χ3v) is 3.40. The second-order valence-electron chi connectivity index (χ2n) is 4.21. The van der Waals surface area contributed by atoms with E-state index in [2.05, 4.69) is 32.8 Å². The fourth-order valence-electron chi connectivity index (χ4n) is 2.03. The highest BCUT2D eigenvalue weighted by Gasteiger charge is 2.17. The molecule has 1 unspecified atom stereocenters. The summed E-state index contributed by atoms with van der Waals surface area (Å²) in [6.45, 7) is 4.19. The minimum absolute atomic E-state index is 0.537. The summed E-state index contributed by atoms with van der Waals surface area (Å²) in [4.78, 5) is 2.42. The molecule has 0 saturated carbocycles. The van der Waals surface area contributed by atoms with Crippen LogP contribution in [0.4, 0.5) is 0 Å². The van der Waals surface area contributed by atoms with Crippen LogP contribution in [-0.4, -0.2) is 57.8 Å². The van der Waals surface area contributed by atoms with E-state index >= 15 is 0 Å². The number of rotatable bonds is 4. The molecule has 0 spiro atoms. The van der Waals surface area contributed by atoms with Crippen LogP contribution in [0, 0.1) is 4.77 Å². The van der Waals surface area contributed by atoms with Crippen LogP contribution in [0.5, 0.6) is 0 Å². The van der Waals surface area contributed by atoms with Gasteiger partial charge in [0.25, 0.3) is 0 Å². The van der Waals surface area contributed by atoms with Gasteiger partial charge in [-0.25, -0.2) is 4.68 Å². The van der Waals surface area contributed by atoms with Crippen molar-refractivity contribution < 1.29 is 0 Å². The van der Waals surface area contributed by atoms with Crippen LogP contribution in [0.15, 0.2) is 0 Å². The SMILES string of the molecule is CN1CCNCC1CCCn1[nH]nnc1=S. The van der Waals surface area contributed by atoms with Crippen LogP contribution >= 0.6 is 12.2 Å². The number of aromatic nitrogens is 4. The highest BCUT2D eigenvalue weighted by Crippen LogP contribution is 2.07. The first-order chi connectivity index (χ1) is 7.77. The number of hydrogen-bond donors (Lipinski definition) is 2. The van der Waals surface area contributed by atoms with Crippen LogP contribution in [-0.2, 0) is 6.54 Å². The van der Waals surface area contributed by atoms with Crippen molar-refractivity contribution in [1.82, 2.24) is 30.4 Å². The van der Waals surface area contributed by atoms with Gasteiger partial charge in [0.2, 0.25) is 4.77 Å². The van der Waals surface area contributed by atoms with Gasteiger partial charge in [0.15, 0.2) is 0 Å². The van der Waals surface area contributed by atoms with Gasteiger partial charge < -0.3 is 10.2 Å². The Balaban J connectivity index is 1.75. The van der Waals surface area contributed by atoms with Crippen molar-refractivity contribution in [3.63, 3.8) is 0 Å². The molecule has 7 heteroatoms. The molecule has 0 aromatic carbocycles. The van der Waals surface area contributed by atoms with Crippen molar-refractivity contribution in [2.24, 2.45) is 0 Å². The minimum Gasteiger partial charge on any atom is -0.314 e. The summed E-state index contributed by atoms with van der Waals surface area (Å²) in [6, 6.07) is 0.638. The van der Waals surface area contributed by atoms with Gasteiger partial charge in [0, 0.05) is 32.2 Å². The molecule has 1 aromatic heterocycles. The summed E-state index contributed by atoms with van der Waals surface area (Å²) in [7, 11) is 2.19. The van der Waals surface area contributed by atoms with E-state index in [4.69, 9.17) is 12.2 Å². The zero-order valence-corrected chi connectivity index (χ0v) is 10.3. The Hall–Kier alpha value is -0.790. The molecule has 1 atom stereocenters. The van der Waals surface area contributed by atoms with E-state index in [0.29, 0.717) is 10.8 Å². The van der Waals surface area contributed by atoms with Gasteiger partial charge in [-0.2, -0.15) is 5.21 Å². The Labute approximate surface area is 100.0 Å². The number of aryl methyl sites for hydroxylation is 1. The van der Waals surface area contributed by atoms with Crippen LogP contribution in [0.2, 0.25) is 0 Å². The molecule has 2 N–H and O–H groups in total. The maximum absolute atomic E-state index is 5.01. The van der Waals surface area contributed by atoms with Gasteiger partial charge in [-0.05, 0) is 32.1 Å². The van der Waals surface area contributed by atoms with Gasteiger partial charge in [-0.1, -0.05) is 10.3 Å². The molecular formula is C9H18N6S. The normalized spacial score (nSPS) is 22.4. The number of nitrogens with zero attached hydrogens (tertiary/aromatic N) is 4. The molecule has 0 radical (unpaired) electrons. The predicted octanol–water partition coefficient (Wildman–Crippen LogP) is 0.0195. The molecule has 1 aliphatic rings. The minimum atomic E-state index is 0.537. The van der Waals surface area contributed by atoms with Crippen molar-refractivity contribution >= 4 is 12.2 Å². The van der Waals surface area contributed by atoms with Crippen molar-refractivity contribution in [2.45, 2.75) is 25.4 Å². The van der Waals surface area contributed by atoms with Gasteiger partial charge in [0.05, 0.1) is 0 Å². The molecule has 16 heavy (non-hydrogen) atoms. The first-order valence-corrected chi connectivity index (χ1v) is 6.07. The van der Waals surface area contributed by atoms with E-state index in [1.165, 1.54) is 6.42 Å². The number of tetrazole rings is 1. The lowest BCUT2D eigenvalue weighted by Crippen LogP contribution is -2.49. The maximum Gasteiger partial charge on any atom is 0.238 e. The second-order valence-corrected chi connectivity index (χ2v) is 4.58. The van der Waals surface area contributed by atoms with Gasteiger partial charge in [-0.15, -0.1) is 0 Å². The van der Waals surface area contributed by atoms with Crippen LogP contribution in [0.1, 0.15) is 12.8 Å². The van der Waals surface area contributed by atoms with Gasteiger partial charge in [-0.3, -0.25) is 0 Å². The highest BCUT2D eigenvalue weighted by atomic mass is 32.1. The van der Waals surface area contributed by atoms with Crippen molar-refractivity contribution in [3.8, 4) is 0 Å². The average molecular weight is 242 g/mol. The molecule has 2 heterocycles. The number of piperazine rings is 1. The zero-order chi connectivity index (χ0) is 11.4. The Morgan fingerprint density at radius 1 is 1.56 bits per heavy atom. The third kappa shape index (κ3) is 2.87. The summed E-state index contributed by atoms with van der Waals surface area (Å²) in [6.07, 6.45) is 2.26. The number of aromatic amines is 1. The number of hydrogen-bond acceptors (Lipinski definition) is 5. The molecular weight excluding hydrogens is 224 g/mol. The number of nitrogens with one attached hydrogen (secondary N) is 2. The lowest BCUT2D eigenvalue weighted by Gasteiger charge is -2.33. The van der Waals surface area contributed by atoms with Gasteiger partial charge >= 0.3 is 0 Å². The number of H-pyrrole nitrogens is 1. The lowest BCUT2D eigenvalue weighted by atomic mass is 10.1. The molecule has 1 saturated heterocycles. The Kier molecular flexibility index (Phi) is 4.03. The molecule has 0 amide bonds. The lowest BCUT2D eigenvalue weighted by molar-refractivity contribution is 0.185. The quantitative estimate of drug-likeness (QED) is 0.729. The summed E-state index contributed by atoms with van der Waals surface area (Å²) in [5.74, 6) is 0. The van der Waals surface area contributed by atoms with E-state index in [9.17, 15) is 0 Å². The Morgan fingerprint density at radius 3 is 3.12 bits per heavy atom. The summed E-state index contributed by atoms with van der Waals surface area (Å²) in [5, 5.41) is 13.6. The molecule has 2 rings (SSSR count). The van der Waals surface area contributed by atoms with Crippen molar-refractivity contribution in [2.75, 3.05) is 26.7 Å². The monoisotopic (exact) mass is 242 g/mol. The van der Waals surface area contributed by atoms with Crippen LogP contribution < -0.4 is 5.32 Å². The van der Waals surface area contributed by atoms with E-state index in [-0.39, 0.29) is 0 Å². The predicted molar refractivity (Wildman–Crippen MR) is 63.7 cm³/mol. The van der Waals surface area contributed by atoms with Gasteiger partial charge in [0.1, 0.15) is 0 Å². The molecule has 1 fully saturated rings. The van der Waals surface area contributed by atoms with E-state index in [1.807, 2.05) is 4.68 Å². The fraction of sp³-hybridized carbons (Fsp3) is 0.889. The maximum atomic E-state index is 5.01. The second kappa shape index (κ2) is 5.51. The zero-order valence-electron chi connectivity index (χ0n) is 9.52. The van der Waals surface area contributed by atoms with Crippen molar-refractivity contribution in [1.29, 1.82) is 0 Å². The highest BCUT2D eigenvalue weighted by molar-refractivity contribution is 7.71. The first-order valence-electron chi connectivity index (χ1n) is 5.66. The Bertz CT molecular complexity index is 372. The van der Waals surface area contributed by atoms with Crippen molar-refractivity contribution in [3.05, 3.63) is 4.77 Å². The molecule has 1 aromatic rings. The first kappa shape index (κ1) is 11.7. The summed E-state index contributed by atoms with van der Waals surface area (Å²) < 4.78 is 2.35. The average Bonchev–Trinajstić information content (AvgIpc) is 2.67. The summed E-state index contributed by atoms with van der Waals surface area (Å²) >= 11 is 5.01. The topological polar surface area (TPSA) is 61.8 Å². The molecule has 0 aliphatic carbocycles. The van der Waals surface area contributed by atoms with Crippen LogP contribution in [0.25, 0.3) is 0 Å². The van der Waals surface area contributed by atoms with Crippen LogP contribution in [0.3, 0.4) is 0 Å². The molecule has 90 valence electrons. The Morgan fingerprint density at radius 2 is 2.44 bits per heavy atom.